The molecule has 2 aromatic heterocycles. The van der Waals surface area contributed by atoms with E-state index < -0.39 is 0 Å². The van der Waals surface area contributed by atoms with Crippen LogP contribution < -0.4 is 0 Å². The Kier molecular flexibility index (Phi) is 6.97. The lowest BCUT2D eigenvalue weighted by Gasteiger charge is -2.42. The van der Waals surface area contributed by atoms with Gasteiger partial charge in [-0.15, -0.1) is 0 Å². The van der Waals surface area contributed by atoms with E-state index in [1.54, 1.807) is 0 Å². The predicted molar refractivity (Wildman–Crippen MR) is 219 cm³/mol. The molecule has 53 heavy (non-hydrogen) atoms. The van der Waals surface area contributed by atoms with Gasteiger partial charge in [-0.2, -0.15) is 0 Å². The van der Waals surface area contributed by atoms with Gasteiger partial charge in [0.25, 0.3) is 0 Å². The summed E-state index contributed by atoms with van der Waals surface area (Å²) in [7, 11) is 0. The van der Waals surface area contributed by atoms with Crippen molar-refractivity contribution in [1.82, 2.24) is 15.0 Å². The maximum Gasteiger partial charge on any atom is 0.164 e. The van der Waals surface area contributed by atoms with E-state index in [4.69, 9.17) is 19.4 Å². The summed E-state index contributed by atoms with van der Waals surface area (Å²) in [5, 5.41) is 6.65. The summed E-state index contributed by atoms with van der Waals surface area (Å²) >= 11 is 0. The molecule has 1 aliphatic rings. The van der Waals surface area contributed by atoms with Crippen LogP contribution in [-0.4, -0.2) is 15.0 Å². The summed E-state index contributed by atoms with van der Waals surface area (Å²) in [6.07, 6.45) is 2.38. The van der Waals surface area contributed by atoms with Crippen molar-refractivity contribution in [3.05, 3.63) is 151 Å². The molecule has 256 valence electrons. The molecule has 0 saturated carbocycles. The van der Waals surface area contributed by atoms with Crippen molar-refractivity contribution in [2.45, 2.75) is 51.4 Å². The molecular formula is C49H39N3O. The van der Waals surface area contributed by atoms with Gasteiger partial charge in [-0.25, -0.2) is 15.0 Å². The first-order valence-electron chi connectivity index (χ1n) is 18.6. The van der Waals surface area contributed by atoms with Gasteiger partial charge in [0.2, 0.25) is 0 Å². The smallest absolute Gasteiger partial charge is 0.164 e. The molecule has 0 aliphatic heterocycles. The number of hydrogen-bond acceptors (Lipinski definition) is 4. The molecule has 0 saturated heterocycles. The van der Waals surface area contributed by atoms with Crippen molar-refractivity contribution in [1.29, 1.82) is 0 Å². The molecule has 0 unspecified atom stereocenters. The van der Waals surface area contributed by atoms with E-state index in [0.29, 0.717) is 17.5 Å². The average Bonchev–Trinajstić information content (AvgIpc) is 3.58. The number of furan rings is 1. The minimum absolute atomic E-state index is 0.125. The maximum absolute atomic E-state index is 6.29. The van der Waals surface area contributed by atoms with Crippen molar-refractivity contribution >= 4 is 43.5 Å². The topological polar surface area (TPSA) is 51.8 Å². The molecule has 4 nitrogen and oxygen atoms in total. The Bertz CT molecular complexity index is 2910. The van der Waals surface area contributed by atoms with Gasteiger partial charge in [-0.05, 0) is 91.7 Å². The second kappa shape index (κ2) is 11.7. The van der Waals surface area contributed by atoms with Crippen LogP contribution in [0, 0.1) is 0 Å². The first-order valence-corrected chi connectivity index (χ1v) is 18.6. The largest absolute Gasteiger partial charge is 0.456 e. The number of benzene rings is 7. The highest BCUT2D eigenvalue weighted by Gasteiger charge is 2.37. The number of aromatic nitrogens is 3. The van der Waals surface area contributed by atoms with Crippen LogP contribution in [0.3, 0.4) is 0 Å². The van der Waals surface area contributed by atoms with Crippen molar-refractivity contribution in [3.63, 3.8) is 0 Å². The summed E-state index contributed by atoms with van der Waals surface area (Å²) in [5.41, 5.74) is 10.2. The molecule has 0 radical (unpaired) electrons. The first kappa shape index (κ1) is 31.6. The van der Waals surface area contributed by atoms with Crippen molar-refractivity contribution in [2.24, 2.45) is 0 Å². The van der Waals surface area contributed by atoms with Crippen LogP contribution in [0.5, 0.6) is 0 Å². The first-order chi connectivity index (χ1) is 25.7. The molecule has 4 heteroatoms. The SMILES string of the molecule is CC1(C)CCC(C)(C)c2cc(-c3ccc(-c4nc(-c5ccc6ccccc6c5)nc(-c5cccc6oc7ccccc7c56)n4)c4ccccc34)ccc21. The standard InChI is InChI=1S/C49H39N3O/c1-48(2)26-27-49(3,4)41-29-32(22-25-40(41)48)34-23-24-37(36-15-8-7-14-35(34)36)46-50-45(33-21-20-30-12-5-6-13-31(30)28-33)51-47(52-46)39-17-11-19-43-44(39)38-16-9-10-18-42(38)53-43/h5-25,28-29H,26-27H2,1-4H3. The van der Waals surface area contributed by atoms with Crippen LogP contribution in [-0.2, 0) is 10.8 Å². The van der Waals surface area contributed by atoms with E-state index in [9.17, 15) is 0 Å². The second-order valence-electron chi connectivity index (χ2n) is 15.9. The fourth-order valence-corrected chi connectivity index (χ4v) is 8.54. The lowest BCUT2D eigenvalue weighted by atomic mass is 9.63. The highest BCUT2D eigenvalue weighted by Crippen LogP contribution is 2.47. The molecule has 0 atom stereocenters. The average molecular weight is 686 g/mol. The van der Waals surface area contributed by atoms with E-state index in [0.717, 1.165) is 49.4 Å². The number of para-hydroxylation sites is 1. The number of hydrogen-bond donors (Lipinski definition) is 0. The van der Waals surface area contributed by atoms with Crippen LogP contribution in [0.2, 0.25) is 0 Å². The normalized spacial score (nSPS) is 14.9. The van der Waals surface area contributed by atoms with Crippen LogP contribution in [0.4, 0.5) is 0 Å². The monoisotopic (exact) mass is 685 g/mol. The Balaban J connectivity index is 1.20. The van der Waals surface area contributed by atoms with Crippen LogP contribution >= 0.6 is 0 Å². The molecule has 0 bridgehead atoms. The zero-order valence-electron chi connectivity index (χ0n) is 30.4. The summed E-state index contributed by atoms with van der Waals surface area (Å²) in [4.78, 5) is 15.7. The zero-order valence-corrected chi connectivity index (χ0v) is 30.4. The van der Waals surface area contributed by atoms with Crippen molar-refractivity contribution in [2.75, 3.05) is 0 Å². The fourth-order valence-electron chi connectivity index (χ4n) is 8.54. The molecule has 7 aromatic carbocycles. The molecular weight excluding hydrogens is 647 g/mol. The van der Waals surface area contributed by atoms with E-state index in [1.807, 2.05) is 30.3 Å². The van der Waals surface area contributed by atoms with E-state index in [2.05, 4.69) is 137 Å². The maximum atomic E-state index is 6.29. The quantitative estimate of drug-likeness (QED) is 0.185. The molecule has 1 aliphatic carbocycles. The van der Waals surface area contributed by atoms with E-state index in [-0.39, 0.29) is 10.8 Å². The van der Waals surface area contributed by atoms with Gasteiger partial charge >= 0.3 is 0 Å². The van der Waals surface area contributed by atoms with Crippen molar-refractivity contribution in [3.8, 4) is 45.3 Å². The second-order valence-corrected chi connectivity index (χ2v) is 15.9. The van der Waals surface area contributed by atoms with Gasteiger partial charge in [-0.1, -0.05) is 143 Å². The van der Waals surface area contributed by atoms with Crippen LogP contribution in [0.25, 0.3) is 88.8 Å². The Morgan fingerprint density at radius 3 is 1.85 bits per heavy atom. The highest BCUT2D eigenvalue weighted by atomic mass is 16.3. The lowest BCUT2D eigenvalue weighted by Crippen LogP contribution is -2.33. The highest BCUT2D eigenvalue weighted by molar-refractivity contribution is 6.12. The minimum Gasteiger partial charge on any atom is -0.456 e. The van der Waals surface area contributed by atoms with Gasteiger partial charge in [0.1, 0.15) is 11.2 Å². The summed E-state index contributed by atoms with van der Waals surface area (Å²) < 4.78 is 6.29. The Morgan fingerprint density at radius 1 is 0.434 bits per heavy atom. The van der Waals surface area contributed by atoms with E-state index in [1.165, 1.54) is 45.9 Å². The molecule has 10 rings (SSSR count). The summed E-state index contributed by atoms with van der Waals surface area (Å²) in [5.74, 6) is 1.88. The van der Waals surface area contributed by atoms with Gasteiger partial charge in [0.05, 0.1) is 0 Å². The minimum atomic E-state index is 0.125. The molecule has 2 heterocycles. The van der Waals surface area contributed by atoms with E-state index >= 15 is 0 Å². The van der Waals surface area contributed by atoms with Crippen LogP contribution in [0.1, 0.15) is 51.7 Å². The molecule has 0 N–H and O–H groups in total. The third-order valence-corrected chi connectivity index (χ3v) is 11.6. The zero-order chi connectivity index (χ0) is 35.9. The summed E-state index contributed by atoms with van der Waals surface area (Å²) in [6, 6.07) is 49.4. The third-order valence-electron chi connectivity index (χ3n) is 11.6. The third kappa shape index (κ3) is 5.15. The molecule has 9 aromatic rings. The fraction of sp³-hybridized carbons (Fsp3) is 0.163. The molecule has 0 fully saturated rings. The number of fused-ring (bicyclic) bond motifs is 6. The lowest BCUT2D eigenvalue weighted by molar-refractivity contribution is 0.332. The van der Waals surface area contributed by atoms with Gasteiger partial charge in [0, 0.05) is 27.5 Å². The summed E-state index contributed by atoms with van der Waals surface area (Å²) in [6.45, 7) is 9.56. The van der Waals surface area contributed by atoms with Gasteiger partial charge in [-0.3, -0.25) is 0 Å². The Labute approximate surface area is 309 Å². The molecule has 0 amide bonds. The predicted octanol–water partition coefficient (Wildman–Crippen LogP) is 13.1. The number of nitrogens with zero attached hydrogens (tertiary/aromatic N) is 3. The van der Waals surface area contributed by atoms with Crippen LogP contribution in [0.15, 0.2) is 144 Å². The molecule has 0 spiro atoms. The number of rotatable bonds is 4. The van der Waals surface area contributed by atoms with Gasteiger partial charge < -0.3 is 4.42 Å². The van der Waals surface area contributed by atoms with Gasteiger partial charge in [0.15, 0.2) is 17.5 Å². The Hall–Kier alpha value is -6.13. The van der Waals surface area contributed by atoms with Crippen molar-refractivity contribution < 1.29 is 4.42 Å². The Morgan fingerprint density at radius 2 is 1.04 bits per heavy atom.